The fourth-order valence-electron chi connectivity index (χ4n) is 3.17. The van der Waals surface area contributed by atoms with Crippen molar-refractivity contribution in [1.82, 2.24) is 14.9 Å². The predicted octanol–water partition coefficient (Wildman–Crippen LogP) is 3.14. The van der Waals surface area contributed by atoms with Gasteiger partial charge in [-0.2, -0.15) is 0 Å². The van der Waals surface area contributed by atoms with Crippen LogP contribution in [0.1, 0.15) is 35.3 Å². The molecule has 1 aliphatic rings. The van der Waals surface area contributed by atoms with Gasteiger partial charge in [-0.25, -0.2) is 4.98 Å². The van der Waals surface area contributed by atoms with Crippen LogP contribution in [0.5, 0.6) is 0 Å². The van der Waals surface area contributed by atoms with Crippen LogP contribution in [0.15, 0.2) is 41.0 Å². The average Bonchev–Trinajstić information content (AvgIpc) is 3.18. The summed E-state index contributed by atoms with van der Waals surface area (Å²) in [4.78, 5) is 17.0. The lowest BCUT2D eigenvalue weighted by Crippen LogP contribution is -2.22. The van der Waals surface area contributed by atoms with Crippen LogP contribution in [-0.2, 0) is 19.5 Å². The Labute approximate surface area is 134 Å². The van der Waals surface area contributed by atoms with E-state index in [1.807, 2.05) is 30.3 Å². The molecule has 0 radical (unpaired) electrons. The van der Waals surface area contributed by atoms with Crippen LogP contribution >= 0.6 is 0 Å². The zero-order valence-corrected chi connectivity index (χ0v) is 13.1. The summed E-state index contributed by atoms with van der Waals surface area (Å²) in [6.45, 7) is 3.66. The summed E-state index contributed by atoms with van der Waals surface area (Å²) in [6.07, 6.45) is 3.79. The smallest absolute Gasteiger partial charge is 0.251 e. The topological polar surface area (TPSA) is 60.1 Å². The number of furan rings is 1. The fraction of sp³-hybridized carbons (Fsp3) is 0.333. The summed E-state index contributed by atoms with van der Waals surface area (Å²) in [5.41, 5.74) is 2.65. The van der Waals surface area contributed by atoms with Crippen LogP contribution in [0, 0.1) is 5.92 Å². The van der Waals surface area contributed by atoms with Crippen molar-refractivity contribution >= 4 is 16.9 Å². The highest BCUT2D eigenvalue weighted by molar-refractivity contribution is 5.97. The molecule has 23 heavy (non-hydrogen) atoms. The van der Waals surface area contributed by atoms with Gasteiger partial charge in [-0.3, -0.25) is 4.79 Å². The quantitative estimate of drug-likeness (QED) is 0.808. The Morgan fingerprint density at radius 1 is 1.43 bits per heavy atom. The van der Waals surface area contributed by atoms with Crippen molar-refractivity contribution in [3.8, 4) is 0 Å². The van der Waals surface area contributed by atoms with Crippen molar-refractivity contribution < 1.29 is 9.21 Å². The van der Waals surface area contributed by atoms with Gasteiger partial charge in [0.05, 0.1) is 23.8 Å². The van der Waals surface area contributed by atoms with Crippen molar-refractivity contribution in [2.45, 2.75) is 32.9 Å². The molecule has 5 nitrogen and oxygen atoms in total. The summed E-state index contributed by atoms with van der Waals surface area (Å²) in [5.74, 6) is 2.44. The number of hydrogen-bond acceptors (Lipinski definition) is 3. The first kappa shape index (κ1) is 14.1. The third kappa shape index (κ3) is 2.63. The third-order valence-electron chi connectivity index (χ3n) is 4.47. The molecule has 0 saturated carbocycles. The lowest BCUT2D eigenvalue weighted by atomic mass is 10.0. The average molecular weight is 309 g/mol. The van der Waals surface area contributed by atoms with Crippen molar-refractivity contribution in [3.63, 3.8) is 0 Å². The minimum atomic E-state index is -0.109. The molecule has 0 fully saturated rings. The van der Waals surface area contributed by atoms with Crippen molar-refractivity contribution in [1.29, 1.82) is 0 Å². The number of nitrogens with one attached hydrogen (secondary N) is 1. The van der Waals surface area contributed by atoms with E-state index in [0.29, 0.717) is 18.0 Å². The van der Waals surface area contributed by atoms with Crippen molar-refractivity contribution in [2.75, 3.05) is 0 Å². The Morgan fingerprint density at radius 2 is 2.35 bits per heavy atom. The van der Waals surface area contributed by atoms with Gasteiger partial charge in [-0.05, 0) is 42.7 Å². The molecule has 0 spiro atoms. The number of hydrogen-bond donors (Lipinski definition) is 1. The fourth-order valence-corrected chi connectivity index (χ4v) is 3.17. The second-order valence-corrected chi connectivity index (χ2v) is 6.24. The minimum Gasteiger partial charge on any atom is -0.467 e. The Bertz CT molecular complexity index is 849. The molecule has 1 amide bonds. The zero-order chi connectivity index (χ0) is 15.8. The second kappa shape index (κ2) is 5.57. The van der Waals surface area contributed by atoms with Gasteiger partial charge < -0.3 is 14.3 Å². The number of rotatable bonds is 3. The SMILES string of the molecule is C[C@H]1CCn2c(nc3cc(C(=O)NCc4ccco4)ccc32)C1. The number of aryl methyl sites for hydroxylation is 1. The van der Waals surface area contributed by atoms with E-state index in [4.69, 9.17) is 9.40 Å². The Morgan fingerprint density at radius 3 is 3.17 bits per heavy atom. The van der Waals surface area contributed by atoms with Gasteiger partial charge in [-0.1, -0.05) is 6.92 Å². The molecule has 0 bridgehead atoms. The number of benzene rings is 1. The Hall–Kier alpha value is -2.56. The highest BCUT2D eigenvalue weighted by atomic mass is 16.3. The van der Waals surface area contributed by atoms with Crippen LogP contribution in [0.3, 0.4) is 0 Å². The van der Waals surface area contributed by atoms with E-state index in [0.717, 1.165) is 35.6 Å². The van der Waals surface area contributed by atoms with E-state index in [2.05, 4.69) is 16.8 Å². The molecule has 4 rings (SSSR count). The number of imidazole rings is 1. The number of carbonyl (C=O) groups excluding carboxylic acids is 1. The molecule has 0 unspecified atom stereocenters. The summed E-state index contributed by atoms with van der Waals surface area (Å²) in [7, 11) is 0. The number of nitrogens with zero attached hydrogens (tertiary/aromatic N) is 2. The molecule has 118 valence electrons. The van der Waals surface area contributed by atoms with Gasteiger partial charge in [-0.15, -0.1) is 0 Å². The van der Waals surface area contributed by atoms with E-state index < -0.39 is 0 Å². The maximum atomic E-state index is 12.3. The molecular weight excluding hydrogens is 290 g/mol. The first-order valence-electron chi connectivity index (χ1n) is 8.00. The lowest BCUT2D eigenvalue weighted by molar-refractivity contribution is 0.0948. The van der Waals surface area contributed by atoms with Gasteiger partial charge in [0.2, 0.25) is 0 Å². The van der Waals surface area contributed by atoms with Crippen LogP contribution in [0.2, 0.25) is 0 Å². The number of aromatic nitrogens is 2. The van der Waals surface area contributed by atoms with Gasteiger partial charge in [0, 0.05) is 18.5 Å². The molecule has 1 aromatic carbocycles. The summed E-state index contributed by atoms with van der Waals surface area (Å²) in [5, 5.41) is 2.87. The van der Waals surface area contributed by atoms with Crippen LogP contribution in [-0.4, -0.2) is 15.5 Å². The number of fused-ring (bicyclic) bond motifs is 3. The van der Waals surface area contributed by atoms with E-state index in [1.54, 1.807) is 6.26 Å². The maximum Gasteiger partial charge on any atom is 0.251 e. The van der Waals surface area contributed by atoms with Gasteiger partial charge in [0.1, 0.15) is 11.6 Å². The van der Waals surface area contributed by atoms with Crippen molar-refractivity contribution in [3.05, 3.63) is 53.7 Å². The minimum absolute atomic E-state index is 0.109. The standard InChI is InChI=1S/C18H19N3O2/c1-12-6-7-21-16-5-4-13(10-15(16)20-17(21)9-12)18(22)19-11-14-3-2-8-23-14/h2-5,8,10,12H,6-7,9,11H2,1H3,(H,19,22)/t12-/m0/s1. The van der Waals surface area contributed by atoms with E-state index in [1.165, 1.54) is 6.42 Å². The molecular formula is C18H19N3O2. The first-order chi connectivity index (χ1) is 11.2. The predicted molar refractivity (Wildman–Crippen MR) is 87.1 cm³/mol. The van der Waals surface area contributed by atoms with Crippen LogP contribution < -0.4 is 5.32 Å². The Kier molecular flexibility index (Phi) is 3.41. The molecule has 1 N–H and O–H groups in total. The highest BCUT2D eigenvalue weighted by Crippen LogP contribution is 2.25. The number of amides is 1. The van der Waals surface area contributed by atoms with E-state index >= 15 is 0 Å². The summed E-state index contributed by atoms with van der Waals surface area (Å²) < 4.78 is 7.50. The Balaban J connectivity index is 1.57. The van der Waals surface area contributed by atoms with Crippen LogP contribution in [0.4, 0.5) is 0 Å². The zero-order valence-electron chi connectivity index (χ0n) is 13.1. The van der Waals surface area contributed by atoms with Crippen LogP contribution in [0.25, 0.3) is 11.0 Å². The van der Waals surface area contributed by atoms with Gasteiger partial charge >= 0.3 is 0 Å². The summed E-state index contributed by atoms with van der Waals surface area (Å²) in [6, 6.07) is 9.40. The van der Waals surface area contributed by atoms with Crippen molar-refractivity contribution in [2.24, 2.45) is 5.92 Å². The first-order valence-corrected chi connectivity index (χ1v) is 8.00. The van der Waals surface area contributed by atoms with Gasteiger partial charge in [0.15, 0.2) is 0 Å². The lowest BCUT2D eigenvalue weighted by Gasteiger charge is -2.19. The molecule has 5 heteroatoms. The van der Waals surface area contributed by atoms with E-state index in [-0.39, 0.29) is 5.91 Å². The number of carbonyl (C=O) groups is 1. The molecule has 0 saturated heterocycles. The highest BCUT2D eigenvalue weighted by Gasteiger charge is 2.19. The second-order valence-electron chi connectivity index (χ2n) is 6.24. The largest absolute Gasteiger partial charge is 0.467 e. The maximum absolute atomic E-state index is 12.3. The van der Waals surface area contributed by atoms with Gasteiger partial charge in [0.25, 0.3) is 5.91 Å². The molecule has 1 atom stereocenters. The molecule has 3 aromatic rings. The molecule has 0 aliphatic carbocycles. The third-order valence-corrected chi connectivity index (χ3v) is 4.47. The monoisotopic (exact) mass is 309 g/mol. The molecule has 3 heterocycles. The normalized spacial score (nSPS) is 17.2. The summed E-state index contributed by atoms with van der Waals surface area (Å²) >= 11 is 0. The van der Waals surface area contributed by atoms with E-state index in [9.17, 15) is 4.79 Å². The molecule has 1 aliphatic heterocycles. The molecule has 2 aromatic heterocycles.